The van der Waals surface area contributed by atoms with Crippen LogP contribution in [0, 0.1) is 0 Å². The number of carboxylic acids is 1. The maximum atomic E-state index is 11.0. The molecule has 0 unspecified atom stereocenters. The van der Waals surface area contributed by atoms with Crippen molar-refractivity contribution in [2.45, 2.75) is 13.3 Å². The molecule has 1 aromatic carbocycles. The summed E-state index contributed by atoms with van der Waals surface area (Å²) in [6.07, 6.45) is 0.799. The second kappa shape index (κ2) is 5.14. The summed E-state index contributed by atoms with van der Waals surface area (Å²) in [4.78, 5) is 11.0. The molecule has 0 atom stereocenters. The van der Waals surface area contributed by atoms with Gasteiger partial charge < -0.3 is 9.84 Å². The van der Waals surface area contributed by atoms with Crippen LogP contribution in [-0.2, 0) is 13.5 Å². The van der Waals surface area contributed by atoms with Gasteiger partial charge in [0.15, 0.2) is 5.69 Å². The van der Waals surface area contributed by atoms with E-state index in [9.17, 15) is 4.79 Å². The van der Waals surface area contributed by atoms with E-state index in [0.29, 0.717) is 0 Å². The molecule has 0 aliphatic carbocycles. The second-order valence-corrected chi connectivity index (χ2v) is 4.18. The first kappa shape index (κ1) is 13.1. The fourth-order valence-electron chi connectivity index (χ4n) is 2.19. The zero-order valence-corrected chi connectivity index (χ0v) is 11.2. The van der Waals surface area contributed by atoms with Crippen molar-refractivity contribution in [3.8, 4) is 17.0 Å². The van der Waals surface area contributed by atoms with E-state index in [0.717, 1.165) is 29.0 Å². The summed E-state index contributed by atoms with van der Waals surface area (Å²) in [6, 6.07) is 7.32. The molecule has 0 radical (unpaired) electrons. The molecule has 0 bridgehead atoms. The van der Waals surface area contributed by atoms with Gasteiger partial charge in [0.05, 0.1) is 12.8 Å². The lowest BCUT2D eigenvalue weighted by Crippen LogP contribution is -2.00. The molecule has 2 rings (SSSR count). The van der Waals surface area contributed by atoms with Crippen LogP contribution in [0.4, 0.5) is 0 Å². The Morgan fingerprint density at radius 2 is 2.21 bits per heavy atom. The van der Waals surface area contributed by atoms with Crippen molar-refractivity contribution in [1.82, 2.24) is 9.78 Å². The minimum Gasteiger partial charge on any atom is -0.496 e. The van der Waals surface area contributed by atoms with Crippen LogP contribution in [-0.4, -0.2) is 28.0 Å². The molecule has 5 nitrogen and oxygen atoms in total. The molecule has 0 aliphatic heterocycles. The molecule has 0 fully saturated rings. The van der Waals surface area contributed by atoms with Gasteiger partial charge in [-0.2, -0.15) is 5.10 Å². The molecule has 0 saturated heterocycles. The monoisotopic (exact) mass is 260 g/mol. The van der Waals surface area contributed by atoms with Gasteiger partial charge in [-0.05, 0) is 18.6 Å². The van der Waals surface area contributed by atoms with Crippen molar-refractivity contribution in [2.75, 3.05) is 7.11 Å². The predicted octanol–water partition coefficient (Wildman–Crippen LogP) is 2.36. The average Bonchev–Trinajstić information content (AvgIpc) is 2.79. The quantitative estimate of drug-likeness (QED) is 0.916. The highest BCUT2D eigenvalue weighted by Crippen LogP contribution is 2.31. The molecule has 0 spiro atoms. The summed E-state index contributed by atoms with van der Waals surface area (Å²) in [5.74, 6) is -0.221. The number of rotatable bonds is 4. The number of methoxy groups -OCH3 is 1. The maximum Gasteiger partial charge on any atom is 0.356 e. The van der Waals surface area contributed by atoms with Crippen LogP contribution in [0.15, 0.2) is 24.3 Å². The Morgan fingerprint density at radius 3 is 2.74 bits per heavy atom. The lowest BCUT2D eigenvalue weighted by atomic mass is 10.0. The lowest BCUT2D eigenvalue weighted by molar-refractivity contribution is 0.0689. The van der Waals surface area contributed by atoms with Crippen molar-refractivity contribution >= 4 is 5.97 Å². The number of hydrogen-bond donors (Lipinski definition) is 1. The summed E-state index contributed by atoms with van der Waals surface area (Å²) in [5.41, 5.74) is 2.81. The Kier molecular flexibility index (Phi) is 3.55. The smallest absolute Gasteiger partial charge is 0.356 e. The Bertz CT molecular complexity index is 617. The number of aromatic carboxylic acids is 1. The zero-order chi connectivity index (χ0) is 14.0. The third kappa shape index (κ3) is 2.31. The standard InChI is InChI=1S/C14H16N2O3/c1-4-9-10(6-5-7-13(9)19-3)12-8-11(14(17)18)15-16(12)2/h5-8H,4H2,1-3H3,(H,17,18). The molecule has 1 heterocycles. The number of aryl methyl sites for hydroxylation is 1. The first-order chi connectivity index (χ1) is 9.08. The van der Waals surface area contributed by atoms with Crippen LogP contribution < -0.4 is 4.74 Å². The molecule has 1 aromatic heterocycles. The SMILES string of the molecule is CCc1c(OC)cccc1-c1cc(C(=O)O)nn1C. The normalized spacial score (nSPS) is 10.5. The van der Waals surface area contributed by atoms with Crippen molar-refractivity contribution < 1.29 is 14.6 Å². The number of carboxylic acid groups (broad SMARTS) is 1. The van der Waals surface area contributed by atoms with Crippen molar-refractivity contribution in [1.29, 1.82) is 0 Å². The van der Waals surface area contributed by atoms with E-state index in [1.54, 1.807) is 24.9 Å². The summed E-state index contributed by atoms with van der Waals surface area (Å²) < 4.78 is 6.93. The van der Waals surface area contributed by atoms with Gasteiger partial charge >= 0.3 is 5.97 Å². The minimum absolute atomic E-state index is 0.0439. The fraction of sp³-hybridized carbons (Fsp3) is 0.286. The first-order valence-electron chi connectivity index (χ1n) is 6.02. The van der Waals surface area contributed by atoms with Gasteiger partial charge in [0.25, 0.3) is 0 Å². The molecule has 100 valence electrons. The summed E-state index contributed by atoms with van der Waals surface area (Å²) in [5, 5.41) is 13.0. The van der Waals surface area contributed by atoms with E-state index >= 15 is 0 Å². The zero-order valence-electron chi connectivity index (χ0n) is 11.2. The van der Waals surface area contributed by atoms with E-state index in [4.69, 9.17) is 9.84 Å². The van der Waals surface area contributed by atoms with Gasteiger partial charge in [-0.15, -0.1) is 0 Å². The van der Waals surface area contributed by atoms with Gasteiger partial charge in [0.1, 0.15) is 5.75 Å². The Morgan fingerprint density at radius 1 is 1.47 bits per heavy atom. The van der Waals surface area contributed by atoms with E-state index in [2.05, 4.69) is 5.10 Å². The van der Waals surface area contributed by atoms with Crippen LogP contribution in [0.1, 0.15) is 23.0 Å². The number of carbonyl (C=O) groups is 1. The van der Waals surface area contributed by atoms with E-state index in [-0.39, 0.29) is 5.69 Å². The van der Waals surface area contributed by atoms with Gasteiger partial charge in [-0.25, -0.2) is 4.79 Å². The van der Waals surface area contributed by atoms with Crippen LogP contribution >= 0.6 is 0 Å². The highest BCUT2D eigenvalue weighted by molar-refractivity contribution is 5.87. The third-order valence-electron chi connectivity index (χ3n) is 3.08. The number of nitrogens with zero attached hydrogens (tertiary/aromatic N) is 2. The summed E-state index contributed by atoms with van der Waals surface area (Å²) in [6.45, 7) is 2.04. The third-order valence-corrected chi connectivity index (χ3v) is 3.08. The van der Waals surface area contributed by atoms with Crippen LogP contribution in [0.2, 0.25) is 0 Å². The molecule has 5 heteroatoms. The Labute approximate surface area is 111 Å². The molecule has 1 N–H and O–H groups in total. The first-order valence-corrected chi connectivity index (χ1v) is 6.02. The van der Waals surface area contributed by atoms with Crippen LogP contribution in [0.25, 0.3) is 11.3 Å². The molecular weight excluding hydrogens is 244 g/mol. The minimum atomic E-state index is -1.03. The lowest BCUT2D eigenvalue weighted by Gasteiger charge is -2.12. The highest BCUT2D eigenvalue weighted by Gasteiger charge is 2.16. The van der Waals surface area contributed by atoms with Gasteiger partial charge in [-0.1, -0.05) is 19.1 Å². The van der Waals surface area contributed by atoms with Gasteiger partial charge in [0.2, 0.25) is 0 Å². The fourth-order valence-corrected chi connectivity index (χ4v) is 2.19. The number of benzene rings is 1. The van der Waals surface area contributed by atoms with E-state index in [1.165, 1.54) is 0 Å². The Balaban J connectivity index is 2.61. The van der Waals surface area contributed by atoms with Crippen molar-refractivity contribution in [2.24, 2.45) is 7.05 Å². The molecule has 0 aliphatic rings. The highest BCUT2D eigenvalue weighted by atomic mass is 16.5. The number of hydrogen-bond acceptors (Lipinski definition) is 3. The maximum absolute atomic E-state index is 11.0. The van der Waals surface area contributed by atoms with Gasteiger partial charge in [-0.3, -0.25) is 4.68 Å². The molecule has 0 amide bonds. The summed E-state index contributed by atoms with van der Waals surface area (Å²) >= 11 is 0. The number of aromatic nitrogens is 2. The van der Waals surface area contributed by atoms with E-state index < -0.39 is 5.97 Å². The topological polar surface area (TPSA) is 64.3 Å². The largest absolute Gasteiger partial charge is 0.496 e. The molecular formula is C14H16N2O3. The van der Waals surface area contributed by atoms with Crippen molar-refractivity contribution in [3.05, 3.63) is 35.5 Å². The predicted molar refractivity (Wildman–Crippen MR) is 71.5 cm³/mol. The number of ether oxygens (including phenoxy) is 1. The molecule has 0 saturated carbocycles. The van der Waals surface area contributed by atoms with Crippen LogP contribution in [0.3, 0.4) is 0 Å². The molecule has 19 heavy (non-hydrogen) atoms. The van der Waals surface area contributed by atoms with Gasteiger partial charge in [0, 0.05) is 18.2 Å². The van der Waals surface area contributed by atoms with Crippen LogP contribution in [0.5, 0.6) is 5.75 Å². The summed E-state index contributed by atoms with van der Waals surface area (Å²) in [7, 11) is 3.37. The second-order valence-electron chi connectivity index (χ2n) is 4.18. The van der Waals surface area contributed by atoms with E-state index in [1.807, 2.05) is 25.1 Å². The Hall–Kier alpha value is -2.30. The van der Waals surface area contributed by atoms with Crippen molar-refractivity contribution in [3.63, 3.8) is 0 Å². The average molecular weight is 260 g/mol. The molecule has 2 aromatic rings.